The highest BCUT2D eigenvalue weighted by Crippen LogP contribution is 2.40. The van der Waals surface area contributed by atoms with Gasteiger partial charge < -0.3 is 10.0 Å². The summed E-state index contributed by atoms with van der Waals surface area (Å²) in [7, 11) is -4.01. The molecule has 1 N–H and O–H groups in total. The standard InChI is InChI=1S/C18H27NO5S/c1-12-7-8-14(21)9-16(12)25(22,23)24-15-10-17(3,4)19(13(2)20)18(5,6)11-15/h7-9,15,21H,10-11H2,1-6H3. The van der Waals surface area contributed by atoms with Gasteiger partial charge in [-0.15, -0.1) is 0 Å². The Morgan fingerprint density at radius 1 is 1.20 bits per heavy atom. The van der Waals surface area contributed by atoms with E-state index in [2.05, 4.69) is 0 Å². The van der Waals surface area contributed by atoms with Gasteiger partial charge in [-0.2, -0.15) is 8.42 Å². The van der Waals surface area contributed by atoms with Gasteiger partial charge in [-0.3, -0.25) is 8.98 Å². The fourth-order valence-corrected chi connectivity index (χ4v) is 5.52. The molecule has 0 radical (unpaired) electrons. The smallest absolute Gasteiger partial charge is 0.297 e. The van der Waals surface area contributed by atoms with Crippen molar-refractivity contribution < 1.29 is 22.5 Å². The first-order chi connectivity index (χ1) is 11.3. The summed E-state index contributed by atoms with van der Waals surface area (Å²) in [5.41, 5.74) is -0.541. The van der Waals surface area contributed by atoms with Gasteiger partial charge >= 0.3 is 0 Å². The Bertz CT molecular complexity index is 765. The molecule has 0 aliphatic carbocycles. The molecule has 0 bridgehead atoms. The van der Waals surface area contributed by atoms with Crippen LogP contribution in [-0.4, -0.2) is 41.5 Å². The summed E-state index contributed by atoms with van der Waals surface area (Å²) in [5.74, 6) is -0.167. The van der Waals surface area contributed by atoms with E-state index in [9.17, 15) is 18.3 Å². The van der Waals surface area contributed by atoms with Crippen LogP contribution in [0.15, 0.2) is 23.1 Å². The van der Waals surface area contributed by atoms with Gasteiger partial charge in [-0.25, -0.2) is 0 Å². The molecule has 140 valence electrons. The molecule has 6 nitrogen and oxygen atoms in total. The van der Waals surface area contributed by atoms with Gasteiger partial charge in [0.15, 0.2) is 0 Å². The van der Waals surface area contributed by atoms with Crippen LogP contribution in [-0.2, 0) is 19.1 Å². The molecule has 1 aliphatic rings. The Labute approximate surface area is 149 Å². The molecule has 1 aromatic rings. The lowest BCUT2D eigenvalue weighted by Crippen LogP contribution is -2.63. The molecule has 1 aromatic carbocycles. The van der Waals surface area contributed by atoms with Crippen LogP contribution < -0.4 is 0 Å². The Kier molecular flexibility index (Phi) is 4.96. The van der Waals surface area contributed by atoms with Crippen molar-refractivity contribution in [3.8, 4) is 5.75 Å². The first-order valence-electron chi connectivity index (χ1n) is 8.30. The Morgan fingerprint density at radius 3 is 2.20 bits per heavy atom. The van der Waals surface area contributed by atoms with Crippen molar-refractivity contribution in [3.63, 3.8) is 0 Å². The van der Waals surface area contributed by atoms with Gasteiger partial charge in [0.05, 0.1) is 6.10 Å². The highest BCUT2D eigenvalue weighted by Gasteiger charge is 2.48. The maximum absolute atomic E-state index is 12.7. The monoisotopic (exact) mass is 369 g/mol. The number of piperidine rings is 1. The fraction of sp³-hybridized carbons (Fsp3) is 0.611. The number of carbonyl (C=O) groups excluding carboxylic acids is 1. The number of likely N-dealkylation sites (tertiary alicyclic amines) is 1. The lowest BCUT2D eigenvalue weighted by molar-refractivity contribution is -0.151. The second kappa shape index (κ2) is 6.29. The second-order valence-corrected chi connectivity index (χ2v) is 9.55. The number of aryl methyl sites for hydroxylation is 1. The molecule has 1 aliphatic heterocycles. The number of phenols is 1. The maximum atomic E-state index is 12.7. The average molecular weight is 369 g/mol. The molecule has 1 fully saturated rings. The van der Waals surface area contributed by atoms with E-state index in [0.717, 1.165) is 0 Å². The largest absolute Gasteiger partial charge is 0.508 e. The normalized spacial score (nSPS) is 20.5. The molecule has 0 unspecified atom stereocenters. The topological polar surface area (TPSA) is 83.9 Å². The van der Waals surface area contributed by atoms with Crippen LogP contribution in [0.1, 0.15) is 53.0 Å². The summed E-state index contributed by atoms with van der Waals surface area (Å²) in [4.78, 5) is 13.8. The van der Waals surface area contributed by atoms with E-state index in [-0.39, 0.29) is 16.6 Å². The van der Waals surface area contributed by atoms with E-state index in [4.69, 9.17) is 4.18 Å². The van der Waals surface area contributed by atoms with Gasteiger partial charge in [0.2, 0.25) is 5.91 Å². The number of nitrogens with zero attached hydrogens (tertiary/aromatic N) is 1. The minimum atomic E-state index is -4.01. The van der Waals surface area contributed by atoms with Crippen molar-refractivity contribution in [3.05, 3.63) is 23.8 Å². The molecule has 1 amide bonds. The predicted molar refractivity (Wildman–Crippen MR) is 94.8 cm³/mol. The number of benzene rings is 1. The SMILES string of the molecule is CC(=O)N1C(C)(C)CC(OS(=O)(=O)c2cc(O)ccc2C)CC1(C)C. The van der Waals surface area contributed by atoms with Crippen LogP contribution >= 0.6 is 0 Å². The quantitative estimate of drug-likeness (QED) is 0.828. The maximum Gasteiger partial charge on any atom is 0.297 e. The fourth-order valence-electron chi connectivity index (χ4n) is 4.20. The number of hydrogen-bond acceptors (Lipinski definition) is 5. The molecule has 0 spiro atoms. The summed E-state index contributed by atoms with van der Waals surface area (Å²) < 4.78 is 30.9. The van der Waals surface area contributed by atoms with Crippen LogP contribution in [0.25, 0.3) is 0 Å². The molecule has 25 heavy (non-hydrogen) atoms. The number of amides is 1. The van der Waals surface area contributed by atoms with Crippen molar-refractivity contribution in [2.24, 2.45) is 0 Å². The van der Waals surface area contributed by atoms with Gasteiger partial charge in [0.25, 0.3) is 10.1 Å². The van der Waals surface area contributed by atoms with Crippen molar-refractivity contribution in [2.45, 2.75) is 76.5 Å². The first-order valence-corrected chi connectivity index (χ1v) is 9.71. The van der Waals surface area contributed by atoms with Crippen LogP contribution in [0.4, 0.5) is 0 Å². The molecule has 2 rings (SSSR count). The van der Waals surface area contributed by atoms with E-state index in [1.165, 1.54) is 25.1 Å². The third kappa shape index (κ3) is 3.98. The number of carbonyl (C=O) groups is 1. The summed E-state index contributed by atoms with van der Waals surface area (Å²) in [6.07, 6.45) is 0.271. The van der Waals surface area contributed by atoms with Gasteiger partial charge in [0.1, 0.15) is 10.6 Å². The van der Waals surface area contributed by atoms with Crippen LogP contribution in [0, 0.1) is 6.92 Å². The zero-order valence-electron chi connectivity index (χ0n) is 15.7. The number of rotatable bonds is 3. The lowest BCUT2D eigenvalue weighted by Gasteiger charge is -2.54. The highest BCUT2D eigenvalue weighted by molar-refractivity contribution is 7.86. The zero-order chi connectivity index (χ0) is 19.2. The van der Waals surface area contributed by atoms with E-state index < -0.39 is 27.3 Å². The molecule has 0 saturated carbocycles. The molecular formula is C18H27NO5S. The summed E-state index contributed by atoms with van der Waals surface area (Å²) in [6.45, 7) is 10.8. The lowest BCUT2D eigenvalue weighted by atomic mass is 9.78. The second-order valence-electron chi connectivity index (χ2n) is 8.01. The van der Waals surface area contributed by atoms with E-state index in [0.29, 0.717) is 18.4 Å². The number of phenolic OH excluding ortho intramolecular Hbond substituents is 1. The minimum Gasteiger partial charge on any atom is -0.508 e. The molecule has 0 atom stereocenters. The van der Waals surface area contributed by atoms with Gasteiger partial charge in [-0.05, 0) is 59.1 Å². The summed E-state index contributed by atoms with van der Waals surface area (Å²) in [5, 5.41) is 9.60. The van der Waals surface area contributed by atoms with Crippen molar-refractivity contribution >= 4 is 16.0 Å². The number of aromatic hydroxyl groups is 1. The van der Waals surface area contributed by atoms with Gasteiger partial charge in [0, 0.05) is 24.1 Å². The predicted octanol–water partition coefficient (Wildman–Crippen LogP) is 2.97. The van der Waals surface area contributed by atoms with Crippen molar-refractivity contribution in [1.29, 1.82) is 0 Å². The number of hydrogen-bond donors (Lipinski definition) is 1. The molecule has 0 aromatic heterocycles. The molecule has 7 heteroatoms. The van der Waals surface area contributed by atoms with Crippen LogP contribution in [0.2, 0.25) is 0 Å². The third-order valence-corrected chi connectivity index (χ3v) is 6.19. The highest BCUT2D eigenvalue weighted by atomic mass is 32.2. The van der Waals surface area contributed by atoms with Crippen molar-refractivity contribution in [1.82, 2.24) is 4.90 Å². The van der Waals surface area contributed by atoms with Crippen LogP contribution in [0.5, 0.6) is 5.75 Å². The summed E-state index contributed by atoms with van der Waals surface area (Å²) in [6, 6.07) is 4.18. The molecular weight excluding hydrogens is 342 g/mol. The average Bonchev–Trinajstić information content (AvgIpc) is 2.36. The van der Waals surface area contributed by atoms with E-state index in [1.807, 2.05) is 27.7 Å². The first kappa shape index (κ1) is 19.7. The molecule has 1 heterocycles. The van der Waals surface area contributed by atoms with Gasteiger partial charge in [-0.1, -0.05) is 6.07 Å². The minimum absolute atomic E-state index is 0.0305. The van der Waals surface area contributed by atoms with E-state index in [1.54, 1.807) is 11.8 Å². The Hall–Kier alpha value is -1.60. The van der Waals surface area contributed by atoms with Crippen molar-refractivity contribution in [2.75, 3.05) is 0 Å². The summed E-state index contributed by atoms with van der Waals surface area (Å²) >= 11 is 0. The Morgan fingerprint density at radius 2 is 1.72 bits per heavy atom. The van der Waals surface area contributed by atoms with Crippen LogP contribution in [0.3, 0.4) is 0 Å². The zero-order valence-corrected chi connectivity index (χ0v) is 16.5. The Balaban J connectivity index is 2.32. The molecule has 1 saturated heterocycles. The van der Waals surface area contributed by atoms with E-state index >= 15 is 0 Å². The third-order valence-electron chi connectivity index (χ3n) is 4.68.